The first-order valence-corrected chi connectivity index (χ1v) is 9.06. The Hall–Kier alpha value is -2.50. The van der Waals surface area contributed by atoms with Crippen molar-refractivity contribution in [1.82, 2.24) is 10.2 Å². The van der Waals surface area contributed by atoms with Gasteiger partial charge in [-0.3, -0.25) is 4.79 Å². The highest BCUT2D eigenvalue weighted by Crippen LogP contribution is 2.30. The van der Waals surface area contributed by atoms with Crippen LogP contribution in [0, 0.1) is 6.92 Å². The van der Waals surface area contributed by atoms with Crippen molar-refractivity contribution in [2.24, 2.45) is 0 Å². The quantitative estimate of drug-likeness (QED) is 0.680. The standard InChI is InChI=1S/C21H23ClN2O3/c1-13-16-6-5-7-17(22)20(16)27-19(13)21(25)23-12-18(24(2)3)14-8-10-15(26-4)11-9-14/h5-11,18H,12H2,1-4H3,(H,23,25). The molecule has 142 valence electrons. The van der Waals surface area contributed by atoms with Crippen LogP contribution in [0.15, 0.2) is 46.9 Å². The summed E-state index contributed by atoms with van der Waals surface area (Å²) in [7, 11) is 5.60. The highest BCUT2D eigenvalue weighted by atomic mass is 35.5. The number of fused-ring (bicyclic) bond motifs is 1. The minimum atomic E-state index is -0.250. The Kier molecular flexibility index (Phi) is 5.73. The topological polar surface area (TPSA) is 54.7 Å². The number of likely N-dealkylation sites (N-methyl/N-ethyl adjacent to an activating group) is 1. The lowest BCUT2D eigenvalue weighted by Gasteiger charge is -2.25. The fraction of sp³-hybridized carbons (Fsp3) is 0.286. The predicted molar refractivity (Wildman–Crippen MR) is 108 cm³/mol. The number of carbonyl (C=O) groups is 1. The van der Waals surface area contributed by atoms with E-state index in [9.17, 15) is 4.79 Å². The van der Waals surface area contributed by atoms with Crippen molar-refractivity contribution in [3.05, 3.63) is 64.4 Å². The van der Waals surface area contributed by atoms with Crippen LogP contribution in [0.5, 0.6) is 5.75 Å². The van der Waals surface area contributed by atoms with E-state index in [2.05, 4.69) is 10.2 Å². The number of amides is 1. The summed E-state index contributed by atoms with van der Waals surface area (Å²) in [6, 6.07) is 13.4. The molecule has 6 heteroatoms. The van der Waals surface area contributed by atoms with Gasteiger partial charge in [-0.15, -0.1) is 0 Å². The molecule has 0 bridgehead atoms. The number of methoxy groups -OCH3 is 1. The average molecular weight is 387 g/mol. The number of hydrogen-bond donors (Lipinski definition) is 1. The second kappa shape index (κ2) is 8.03. The molecular weight excluding hydrogens is 364 g/mol. The first-order valence-electron chi connectivity index (χ1n) is 8.68. The van der Waals surface area contributed by atoms with E-state index in [1.54, 1.807) is 13.2 Å². The zero-order valence-electron chi connectivity index (χ0n) is 15.9. The lowest BCUT2D eigenvalue weighted by Crippen LogP contribution is -2.34. The Morgan fingerprint density at radius 3 is 2.52 bits per heavy atom. The van der Waals surface area contributed by atoms with Gasteiger partial charge in [-0.2, -0.15) is 0 Å². The van der Waals surface area contributed by atoms with Crippen LogP contribution in [-0.4, -0.2) is 38.6 Å². The molecule has 1 heterocycles. The fourth-order valence-electron chi connectivity index (χ4n) is 3.12. The van der Waals surface area contributed by atoms with E-state index >= 15 is 0 Å². The number of halogens is 1. The van der Waals surface area contributed by atoms with E-state index in [-0.39, 0.29) is 11.9 Å². The third kappa shape index (κ3) is 3.94. The van der Waals surface area contributed by atoms with Gasteiger partial charge in [-0.25, -0.2) is 0 Å². The second-order valence-corrected chi connectivity index (χ2v) is 7.04. The number of furan rings is 1. The van der Waals surface area contributed by atoms with Crippen LogP contribution in [0.1, 0.15) is 27.7 Å². The third-order valence-electron chi connectivity index (χ3n) is 4.70. The van der Waals surface area contributed by atoms with Gasteiger partial charge < -0.3 is 19.4 Å². The van der Waals surface area contributed by atoms with Gasteiger partial charge >= 0.3 is 0 Å². The van der Waals surface area contributed by atoms with E-state index in [1.807, 2.05) is 57.4 Å². The van der Waals surface area contributed by atoms with Crippen molar-refractivity contribution >= 4 is 28.5 Å². The van der Waals surface area contributed by atoms with E-state index < -0.39 is 0 Å². The van der Waals surface area contributed by atoms with Gasteiger partial charge in [0.1, 0.15) is 5.75 Å². The molecule has 1 aromatic heterocycles. The summed E-state index contributed by atoms with van der Waals surface area (Å²) in [5.41, 5.74) is 2.42. The zero-order valence-corrected chi connectivity index (χ0v) is 16.6. The van der Waals surface area contributed by atoms with Gasteiger partial charge in [-0.05, 0) is 44.8 Å². The molecule has 1 atom stereocenters. The molecule has 5 nitrogen and oxygen atoms in total. The monoisotopic (exact) mass is 386 g/mol. The molecule has 0 aliphatic carbocycles. The predicted octanol–water partition coefficient (Wildman–Crippen LogP) is 4.44. The van der Waals surface area contributed by atoms with E-state index in [4.69, 9.17) is 20.8 Å². The number of hydrogen-bond acceptors (Lipinski definition) is 4. The Bertz CT molecular complexity index is 948. The maximum Gasteiger partial charge on any atom is 0.287 e. The average Bonchev–Trinajstić information content (AvgIpc) is 3.00. The van der Waals surface area contributed by atoms with Gasteiger partial charge in [-0.1, -0.05) is 35.9 Å². The Morgan fingerprint density at radius 1 is 1.22 bits per heavy atom. The maximum atomic E-state index is 12.7. The summed E-state index contributed by atoms with van der Waals surface area (Å²) in [6.07, 6.45) is 0. The van der Waals surface area contributed by atoms with E-state index in [0.29, 0.717) is 22.9 Å². The number of benzene rings is 2. The number of nitrogens with one attached hydrogen (secondary N) is 1. The van der Waals surface area contributed by atoms with E-state index in [0.717, 1.165) is 22.3 Å². The lowest BCUT2D eigenvalue weighted by molar-refractivity contribution is 0.0915. The van der Waals surface area contributed by atoms with Gasteiger partial charge in [0.25, 0.3) is 5.91 Å². The third-order valence-corrected chi connectivity index (χ3v) is 5.00. The van der Waals surface area contributed by atoms with Gasteiger partial charge in [0, 0.05) is 17.5 Å². The Labute approximate surface area is 163 Å². The molecule has 0 aliphatic rings. The molecule has 3 rings (SSSR count). The van der Waals surface area contributed by atoms with Gasteiger partial charge in [0.05, 0.1) is 18.2 Å². The SMILES string of the molecule is COc1ccc(C(CNC(=O)c2oc3c(Cl)cccc3c2C)N(C)C)cc1. The molecule has 0 spiro atoms. The number of nitrogens with zero attached hydrogens (tertiary/aromatic N) is 1. The summed E-state index contributed by atoms with van der Waals surface area (Å²) < 4.78 is 11.0. The first kappa shape index (κ1) is 19.3. The van der Waals surface area contributed by atoms with Crippen LogP contribution < -0.4 is 10.1 Å². The highest BCUT2D eigenvalue weighted by Gasteiger charge is 2.21. The number of aryl methyl sites for hydroxylation is 1. The minimum Gasteiger partial charge on any atom is -0.497 e. The van der Waals surface area contributed by atoms with Crippen molar-refractivity contribution in [1.29, 1.82) is 0 Å². The van der Waals surface area contributed by atoms with Crippen molar-refractivity contribution in [3.63, 3.8) is 0 Å². The van der Waals surface area contributed by atoms with Gasteiger partial charge in [0.15, 0.2) is 11.3 Å². The smallest absolute Gasteiger partial charge is 0.287 e. The molecule has 1 N–H and O–H groups in total. The molecule has 0 aliphatic heterocycles. The maximum absolute atomic E-state index is 12.7. The van der Waals surface area contributed by atoms with Crippen molar-refractivity contribution in [2.75, 3.05) is 27.7 Å². The van der Waals surface area contributed by atoms with Crippen LogP contribution in [-0.2, 0) is 0 Å². The molecule has 0 fully saturated rings. The molecule has 1 unspecified atom stereocenters. The lowest BCUT2D eigenvalue weighted by atomic mass is 10.1. The van der Waals surface area contributed by atoms with Crippen LogP contribution >= 0.6 is 11.6 Å². The van der Waals surface area contributed by atoms with Crippen LogP contribution in [0.3, 0.4) is 0 Å². The summed E-state index contributed by atoms with van der Waals surface area (Å²) >= 11 is 6.18. The second-order valence-electron chi connectivity index (χ2n) is 6.64. The summed E-state index contributed by atoms with van der Waals surface area (Å²) in [6.45, 7) is 2.31. The molecule has 1 amide bonds. The highest BCUT2D eigenvalue weighted by molar-refractivity contribution is 6.35. The van der Waals surface area contributed by atoms with Crippen LogP contribution in [0.4, 0.5) is 0 Å². The zero-order chi connectivity index (χ0) is 19.6. The van der Waals surface area contributed by atoms with Gasteiger partial charge in [0.2, 0.25) is 0 Å². The van der Waals surface area contributed by atoms with Crippen molar-refractivity contribution in [3.8, 4) is 5.75 Å². The molecule has 27 heavy (non-hydrogen) atoms. The summed E-state index contributed by atoms with van der Waals surface area (Å²) in [4.78, 5) is 14.8. The summed E-state index contributed by atoms with van der Waals surface area (Å²) in [5.74, 6) is 0.848. The minimum absolute atomic E-state index is 0.0214. The summed E-state index contributed by atoms with van der Waals surface area (Å²) in [5, 5.41) is 4.33. The normalized spacial score (nSPS) is 12.4. The molecule has 2 aromatic carbocycles. The van der Waals surface area contributed by atoms with Crippen molar-refractivity contribution in [2.45, 2.75) is 13.0 Å². The molecule has 0 radical (unpaired) electrons. The molecule has 3 aromatic rings. The first-order chi connectivity index (χ1) is 12.9. The Balaban J connectivity index is 1.78. The molecular formula is C21H23ClN2O3. The largest absolute Gasteiger partial charge is 0.497 e. The fourth-order valence-corrected chi connectivity index (χ4v) is 3.33. The number of para-hydroxylation sites is 1. The molecule has 0 saturated heterocycles. The van der Waals surface area contributed by atoms with Crippen LogP contribution in [0.2, 0.25) is 5.02 Å². The number of rotatable bonds is 6. The number of ether oxygens (including phenoxy) is 1. The number of carbonyl (C=O) groups excluding carboxylic acids is 1. The Morgan fingerprint density at radius 2 is 1.93 bits per heavy atom. The van der Waals surface area contributed by atoms with Crippen LogP contribution in [0.25, 0.3) is 11.0 Å². The molecule has 0 saturated carbocycles. The van der Waals surface area contributed by atoms with E-state index in [1.165, 1.54) is 0 Å². The van der Waals surface area contributed by atoms with Crippen molar-refractivity contribution < 1.29 is 13.9 Å².